The maximum atomic E-state index is 12.6. The minimum Gasteiger partial charge on any atom is -0.496 e. The summed E-state index contributed by atoms with van der Waals surface area (Å²) in [6, 6.07) is 9.57. The molecule has 0 aromatic heterocycles. The normalized spacial score (nSPS) is 16.4. The van der Waals surface area contributed by atoms with Gasteiger partial charge < -0.3 is 9.64 Å². The van der Waals surface area contributed by atoms with Crippen molar-refractivity contribution in [3.63, 3.8) is 0 Å². The predicted octanol–water partition coefficient (Wildman–Crippen LogP) is 1.76. The molecule has 1 aliphatic heterocycles. The van der Waals surface area contributed by atoms with Gasteiger partial charge in [-0.1, -0.05) is 12.1 Å². The molecule has 1 aliphatic rings. The highest BCUT2D eigenvalue weighted by atomic mass is 16.5. The molecule has 0 saturated carbocycles. The lowest BCUT2D eigenvalue weighted by Gasteiger charge is -2.40. The van der Waals surface area contributed by atoms with Crippen LogP contribution in [0.5, 0.6) is 5.75 Å². The molecule has 5 nitrogen and oxygen atoms in total. The molecule has 0 bridgehead atoms. The number of amides is 1. The highest BCUT2D eigenvalue weighted by molar-refractivity contribution is 5.97. The summed E-state index contributed by atoms with van der Waals surface area (Å²) >= 11 is 0. The third-order valence-corrected chi connectivity index (χ3v) is 3.97. The Labute approximate surface area is 125 Å². The van der Waals surface area contributed by atoms with Crippen LogP contribution in [0.2, 0.25) is 0 Å². The average molecular weight is 287 g/mol. The monoisotopic (exact) mass is 287 g/mol. The summed E-state index contributed by atoms with van der Waals surface area (Å²) in [6.45, 7) is 6.49. The van der Waals surface area contributed by atoms with Crippen LogP contribution in [-0.4, -0.2) is 54.5 Å². The maximum Gasteiger partial charge on any atom is 0.257 e. The Hall–Kier alpha value is -2.06. The lowest BCUT2D eigenvalue weighted by atomic mass is 10.0. The SMILES string of the molecule is COc1ccccc1C(=O)N1CCN(C(C)(C)C#N)CC1. The molecule has 0 radical (unpaired) electrons. The number of carbonyl (C=O) groups excluding carboxylic acids is 1. The number of hydrogen-bond donors (Lipinski definition) is 0. The van der Waals surface area contributed by atoms with E-state index in [0.29, 0.717) is 37.5 Å². The van der Waals surface area contributed by atoms with Gasteiger partial charge in [0.25, 0.3) is 5.91 Å². The number of carbonyl (C=O) groups is 1. The molecule has 1 aromatic rings. The minimum absolute atomic E-state index is 0.0122. The highest BCUT2D eigenvalue weighted by Gasteiger charge is 2.31. The van der Waals surface area contributed by atoms with Gasteiger partial charge in [0.15, 0.2) is 0 Å². The van der Waals surface area contributed by atoms with Crippen LogP contribution in [0.3, 0.4) is 0 Å². The molecule has 2 rings (SSSR count). The van der Waals surface area contributed by atoms with E-state index >= 15 is 0 Å². The van der Waals surface area contributed by atoms with Gasteiger partial charge in [-0.05, 0) is 26.0 Å². The lowest BCUT2D eigenvalue weighted by Crippen LogP contribution is -2.55. The summed E-state index contributed by atoms with van der Waals surface area (Å²) in [7, 11) is 1.57. The fraction of sp³-hybridized carbons (Fsp3) is 0.500. The number of benzene rings is 1. The Bertz CT molecular complexity index is 555. The first-order valence-electron chi connectivity index (χ1n) is 7.08. The predicted molar refractivity (Wildman–Crippen MR) is 80.2 cm³/mol. The van der Waals surface area contributed by atoms with Gasteiger partial charge in [0, 0.05) is 26.2 Å². The van der Waals surface area contributed by atoms with Crippen molar-refractivity contribution in [3.8, 4) is 11.8 Å². The van der Waals surface area contributed by atoms with Crippen molar-refractivity contribution < 1.29 is 9.53 Å². The van der Waals surface area contributed by atoms with Crippen molar-refractivity contribution in [1.29, 1.82) is 5.26 Å². The minimum atomic E-state index is -0.487. The molecule has 0 atom stereocenters. The summed E-state index contributed by atoms with van der Waals surface area (Å²) in [5, 5.41) is 9.18. The van der Waals surface area contributed by atoms with Crippen LogP contribution in [0.25, 0.3) is 0 Å². The molecule has 21 heavy (non-hydrogen) atoms. The summed E-state index contributed by atoms with van der Waals surface area (Å²) in [5.41, 5.74) is 0.104. The van der Waals surface area contributed by atoms with Gasteiger partial charge in [0.2, 0.25) is 0 Å². The maximum absolute atomic E-state index is 12.6. The van der Waals surface area contributed by atoms with Gasteiger partial charge >= 0.3 is 0 Å². The molecule has 0 spiro atoms. The standard InChI is InChI=1S/C16H21N3O2/c1-16(2,12-17)19-10-8-18(9-11-19)15(20)13-6-4-5-7-14(13)21-3/h4-7H,8-11H2,1-3H3. The number of nitriles is 1. The molecule has 112 valence electrons. The topological polar surface area (TPSA) is 56.6 Å². The summed E-state index contributed by atoms with van der Waals surface area (Å²) in [5.74, 6) is 0.587. The van der Waals surface area contributed by atoms with Crippen LogP contribution in [0.15, 0.2) is 24.3 Å². The summed E-state index contributed by atoms with van der Waals surface area (Å²) < 4.78 is 5.25. The molecule has 1 heterocycles. The van der Waals surface area contributed by atoms with Gasteiger partial charge in [-0.25, -0.2) is 0 Å². The molecule has 1 aromatic carbocycles. The molecule has 0 aliphatic carbocycles. The van der Waals surface area contributed by atoms with Gasteiger partial charge in [0.05, 0.1) is 18.7 Å². The zero-order valence-corrected chi connectivity index (χ0v) is 12.8. The smallest absolute Gasteiger partial charge is 0.257 e. The van der Waals surface area contributed by atoms with E-state index in [9.17, 15) is 10.1 Å². The third-order valence-electron chi connectivity index (χ3n) is 3.97. The molecule has 1 amide bonds. The second-order valence-corrected chi connectivity index (χ2v) is 5.65. The van der Waals surface area contributed by atoms with E-state index in [1.54, 1.807) is 19.2 Å². The zero-order valence-electron chi connectivity index (χ0n) is 12.8. The molecule has 1 saturated heterocycles. The Kier molecular flexibility index (Phi) is 4.49. The summed E-state index contributed by atoms with van der Waals surface area (Å²) in [4.78, 5) is 16.5. The van der Waals surface area contributed by atoms with E-state index in [1.165, 1.54) is 0 Å². The Morgan fingerprint density at radius 3 is 2.43 bits per heavy atom. The fourth-order valence-corrected chi connectivity index (χ4v) is 2.53. The van der Waals surface area contributed by atoms with Crippen molar-refractivity contribution >= 4 is 5.91 Å². The molecule has 1 fully saturated rings. The summed E-state index contributed by atoms with van der Waals surface area (Å²) in [6.07, 6.45) is 0. The first-order valence-corrected chi connectivity index (χ1v) is 7.08. The van der Waals surface area contributed by atoms with Crippen molar-refractivity contribution in [2.24, 2.45) is 0 Å². The van der Waals surface area contributed by atoms with Gasteiger partial charge in [-0.2, -0.15) is 5.26 Å². The van der Waals surface area contributed by atoms with Crippen molar-refractivity contribution in [1.82, 2.24) is 9.80 Å². The van der Waals surface area contributed by atoms with Crippen LogP contribution < -0.4 is 4.74 Å². The van der Waals surface area contributed by atoms with Crippen molar-refractivity contribution in [2.45, 2.75) is 19.4 Å². The quantitative estimate of drug-likeness (QED) is 0.850. The molecular formula is C16H21N3O2. The van der Waals surface area contributed by atoms with Crippen LogP contribution in [-0.2, 0) is 0 Å². The fourth-order valence-electron chi connectivity index (χ4n) is 2.53. The van der Waals surface area contributed by atoms with Gasteiger partial charge in [-0.3, -0.25) is 9.69 Å². The van der Waals surface area contributed by atoms with E-state index in [4.69, 9.17) is 4.74 Å². The largest absolute Gasteiger partial charge is 0.496 e. The molecule has 0 N–H and O–H groups in total. The van der Waals surface area contributed by atoms with E-state index < -0.39 is 5.54 Å². The van der Waals surface area contributed by atoms with Crippen LogP contribution in [0.1, 0.15) is 24.2 Å². The van der Waals surface area contributed by atoms with Crippen LogP contribution in [0, 0.1) is 11.3 Å². The Morgan fingerprint density at radius 2 is 1.86 bits per heavy atom. The van der Waals surface area contributed by atoms with Crippen LogP contribution in [0.4, 0.5) is 0 Å². The Morgan fingerprint density at radius 1 is 1.24 bits per heavy atom. The molecule has 5 heteroatoms. The van der Waals surface area contributed by atoms with Gasteiger partial charge in [0.1, 0.15) is 11.3 Å². The molecular weight excluding hydrogens is 266 g/mol. The number of rotatable bonds is 3. The first-order chi connectivity index (χ1) is 9.99. The van der Waals surface area contributed by atoms with E-state index in [0.717, 1.165) is 0 Å². The Balaban J connectivity index is 2.06. The number of methoxy groups -OCH3 is 1. The number of piperazine rings is 1. The molecule has 0 unspecified atom stereocenters. The van der Waals surface area contributed by atoms with E-state index in [-0.39, 0.29) is 5.91 Å². The second kappa shape index (κ2) is 6.15. The highest BCUT2D eigenvalue weighted by Crippen LogP contribution is 2.21. The number of ether oxygens (including phenoxy) is 1. The van der Waals surface area contributed by atoms with Crippen molar-refractivity contribution in [2.75, 3.05) is 33.3 Å². The van der Waals surface area contributed by atoms with Gasteiger partial charge in [-0.15, -0.1) is 0 Å². The second-order valence-electron chi connectivity index (χ2n) is 5.65. The van der Waals surface area contributed by atoms with Crippen LogP contribution >= 0.6 is 0 Å². The average Bonchev–Trinajstić information content (AvgIpc) is 2.54. The number of nitrogens with zero attached hydrogens (tertiary/aromatic N) is 3. The number of hydrogen-bond acceptors (Lipinski definition) is 4. The third kappa shape index (κ3) is 3.17. The van der Waals surface area contributed by atoms with E-state index in [2.05, 4.69) is 11.0 Å². The number of para-hydroxylation sites is 1. The van der Waals surface area contributed by atoms with E-state index in [1.807, 2.05) is 30.9 Å². The van der Waals surface area contributed by atoms with Crippen molar-refractivity contribution in [3.05, 3.63) is 29.8 Å². The zero-order chi connectivity index (χ0) is 15.5. The lowest BCUT2D eigenvalue weighted by molar-refractivity contribution is 0.0518. The first kappa shape index (κ1) is 15.3.